The Morgan fingerprint density at radius 3 is 1.17 bits per heavy atom. The van der Waals surface area contributed by atoms with Crippen LogP contribution >= 0.6 is 36.7 Å². The maximum Gasteiger partial charge on any atom is 4.00 e. The van der Waals surface area contributed by atoms with Crippen molar-refractivity contribution < 1.29 is 21.1 Å². The van der Waals surface area contributed by atoms with Crippen molar-refractivity contribution in [3.8, 4) is 0 Å². The first-order valence-corrected chi connectivity index (χ1v) is 9.25. The van der Waals surface area contributed by atoms with Gasteiger partial charge in [0, 0.05) is 0 Å². The van der Waals surface area contributed by atoms with E-state index in [9.17, 15) is 0 Å². The Bertz CT molecular complexity index is 220. The van der Waals surface area contributed by atoms with Crippen LogP contribution in [0.5, 0.6) is 0 Å². The fourth-order valence-electron chi connectivity index (χ4n) is 1.13. The van der Waals surface area contributed by atoms with E-state index in [4.69, 9.17) is 0 Å². The third kappa shape index (κ3) is 158. The van der Waals surface area contributed by atoms with E-state index in [1.54, 1.807) is 0 Å². The summed E-state index contributed by atoms with van der Waals surface area (Å²) in [6.45, 7) is 6.08. The van der Waals surface area contributed by atoms with Gasteiger partial charge < -0.3 is 98.7 Å². The van der Waals surface area contributed by atoms with Crippen LogP contribution in [-0.2, 0) is 59.0 Å². The zero-order chi connectivity index (χ0) is 18.4. The SMILES string of the molecule is NC(=S)[S-].NC(=S)[S-].NC(=S)[S-].[CH2-]CCCCCCCCC.[Mo+4]. The number of nitrogens with two attached hydrogens (primary N) is 3. The molecule has 0 unspecified atom stereocenters. The second-order valence-corrected chi connectivity index (χ2v) is 7.35. The fourth-order valence-corrected chi connectivity index (χ4v) is 1.13. The van der Waals surface area contributed by atoms with Crippen molar-refractivity contribution in [2.24, 2.45) is 17.2 Å². The van der Waals surface area contributed by atoms with Crippen LogP contribution in [0, 0.1) is 6.92 Å². The molecule has 0 rings (SSSR count). The summed E-state index contributed by atoms with van der Waals surface area (Å²) in [5.41, 5.74) is 14.0. The summed E-state index contributed by atoms with van der Waals surface area (Å²) >= 11 is 24.8. The summed E-state index contributed by atoms with van der Waals surface area (Å²) in [4.78, 5) is 0. The Morgan fingerprint density at radius 2 is 0.957 bits per heavy atom. The van der Waals surface area contributed by atoms with Gasteiger partial charge in [-0.05, 0) is 0 Å². The zero-order valence-electron chi connectivity index (χ0n) is 13.5. The second kappa shape index (κ2) is 34.4. The molecule has 136 valence electrons. The van der Waals surface area contributed by atoms with Gasteiger partial charge in [0.1, 0.15) is 0 Å². The van der Waals surface area contributed by atoms with Crippen LogP contribution in [0.15, 0.2) is 0 Å². The third-order valence-electron chi connectivity index (χ3n) is 1.85. The van der Waals surface area contributed by atoms with Gasteiger partial charge in [-0.25, -0.2) is 0 Å². The second-order valence-electron chi connectivity index (χ2n) is 3.93. The third-order valence-corrected chi connectivity index (χ3v) is 1.85. The average molecular weight is 514 g/mol. The van der Waals surface area contributed by atoms with E-state index >= 15 is 0 Å². The minimum absolute atomic E-state index is 0. The topological polar surface area (TPSA) is 78.1 Å². The summed E-state index contributed by atoms with van der Waals surface area (Å²) < 4.78 is 0.250. The van der Waals surface area contributed by atoms with Crippen molar-refractivity contribution in [2.45, 2.75) is 58.3 Å². The van der Waals surface area contributed by atoms with E-state index in [-0.39, 0.29) is 34.0 Å². The molecule has 0 atom stereocenters. The number of thiocarbonyl (C=S) groups is 3. The summed E-state index contributed by atoms with van der Waals surface area (Å²) in [5, 5.41) is 0. The summed E-state index contributed by atoms with van der Waals surface area (Å²) in [6, 6.07) is 0. The molecular formula is C13H27MoN3S6. The minimum atomic E-state index is 0. The van der Waals surface area contributed by atoms with Crippen LogP contribution in [0.2, 0.25) is 0 Å². The first-order chi connectivity index (χ1) is 10.1. The Hall–Kier alpha value is 1.02. The Balaban J connectivity index is -0.0000000700. The molecule has 0 saturated heterocycles. The molecule has 0 fully saturated rings. The molecule has 0 saturated carbocycles. The van der Waals surface area contributed by atoms with E-state index in [1.807, 2.05) is 0 Å². The zero-order valence-corrected chi connectivity index (χ0v) is 20.4. The van der Waals surface area contributed by atoms with Gasteiger partial charge in [0.2, 0.25) is 0 Å². The number of hydrogen-bond acceptors (Lipinski definition) is 6. The first-order valence-electron chi connectivity index (χ1n) is 6.80. The summed E-state index contributed by atoms with van der Waals surface area (Å²) in [5.74, 6) is 0. The molecule has 0 spiro atoms. The standard InChI is InChI=1S/C10H21.3CH3NS2.Mo/c1-3-5-7-9-10-8-6-4-2;3*2-1(3)4;/h1,3-10H2,2H3;3*(H3,2,3,4);/q-1;;;;+4/p-3. The maximum atomic E-state index is 4.66. The Kier molecular flexibility index (Phi) is 52.6. The quantitative estimate of drug-likeness (QED) is 0.156. The summed E-state index contributed by atoms with van der Waals surface area (Å²) in [7, 11) is 0. The predicted octanol–water partition coefficient (Wildman–Crippen LogP) is 3.29. The molecule has 0 aromatic heterocycles. The normalized spacial score (nSPS) is 7.57. The molecule has 10 heteroatoms. The van der Waals surface area contributed by atoms with Crippen LogP contribution in [-0.4, -0.2) is 13.0 Å². The van der Waals surface area contributed by atoms with E-state index in [0.29, 0.717) is 0 Å². The van der Waals surface area contributed by atoms with Crippen molar-refractivity contribution in [3.05, 3.63) is 6.92 Å². The van der Waals surface area contributed by atoms with E-state index < -0.39 is 0 Å². The van der Waals surface area contributed by atoms with Gasteiger partial charge in [0.05, 0.1) is 0 Å². The van der Waals surface area contributed by atoms with Gasteiger partial charge in [-0.2, -0.15) is 6.42 Å². The van der Waals surface area contributed by atoms with Crippen LogP contribution in [0.25, 0.3) is 0 Å². The van der Waals surface area contributed by atoms with Gasteiger partial charge in [-0.1, -0.05) is 64.8 Å². The number of hydrogen-bond donors (Lipinski definition) is 3. The largest absolute Gasteiger partial charge is 4.00 e. The molecule has 0 amide bonds. The number of unbranched alkanes of at least 4 members (excludes halogenated alkanes) is 7. The smallest absolute Gasteiger partial charge is 0.415 e. The molecule has 0 aliphatic heterocycles. The molecule has 23 heavy (non-hydrogen) atoms. The van der Waals surface area contributed by atoms with Gasteiger partial charge in [-0.15, -0.1) is 0 Å². The van der Waals surface area contributed by atoms with Gasteiger partial charge in [0.15, 0.2) is 0 Å². The van der Waals surface area contributed by atoms with Gasteiger partial charge >= 0.3 is 21.1 Å². The van der Waals surface area contributed by atoms with Crippen molar-refractivity contribution in [3.63, 3.8) is 0 Å². The van der Waals surface area contributed by atoms with E-state index in [0.717, 1.165) is 6.42 Å². The first kappa shape index (κ1) is 35.2. The van der Waals surface area contributed by atoms with Crippen molar-refractivity contribution >= 4 is 87.5 Å². The Morgan fingerprint density at radius 1 is 0.739 bits per heavy atom. The van der Waals surface area contributed by atoms with E-state index in [1.165, 1.54) is 44.9 Å². The van der Waals surface area contributed by atoms with Crippen LogP contribution in [0.1, 0.15) is 58.3 Å². The molecule has 0 heterocycles. The minimum Gasteiger partial charge on any atom is -0.415 e. The molecular weight excluding hydrogens is 487 g/mol. The molecule has 0 aliphatic rings. The van der Waals surface area contributed by atoms with Crippen molar-refractivity contribution in [2.75, 3.05) is 0 Å². The van der Waals surface area contributed by atoms with Crippen LogP contribution in [0.3, 0.4) is 0 Å². The molecule has 0 aromatic carbocycles. The van der Waals surface area contributed by atoms with Gasteiger partial charge in [0.25, 0.3) is 0 Å². The fraction of sp³-hybridized carbons (Fsp3) is 0.692. The predicted molar refractivity (Wildman–Crippen MR) is 120 cm³/mol. The van der Waals surface area contributed by atoms with Gasteiger partial charge in [-0.3, -0.25) is 0 Å². The molecule has 0 radical (unpaired) electrons. The van der Waals surface area contributed by atoms with Crippen LogP contribution in [0.4, 0.5) is 0 Å². The molecule has 0 aromatic rings. The van der Waals surface area contributed by atoms with Crippen molar-refractivity contribution in [1.29, 1.82) is 0 Å². The van der Waals surface area contributed by atoms with Crippen molar-refractivity contribution in [1.82, 2.24) is 0 Å². The molecule has 0 bridgehead atoms. The molecule has 0 aliphatic carbocycles. The molecule has 3 nitrogen and oxygen atoms in total. The van der Waals surface area contributed by atoms with Crippen LogP contribution < -0.4 is 17.2 Å². The maximum absolute atomic E-state index is 4.66. The summed E-state index contributed by atoms with van der Waals surface area (Å²) in [6.07, 6.45) is 10.9. The monoisotopic (exact) mass is 515 g/mol. The van der Waals surface area contributed by atoms with E-state index in [2.05, 4.69) is 106 Å². The molecule has 6 N–H and O–H groups in total. The number of rotatable bonds is 7. The average Bonchev–Trinajstić information content (AvgIpc) is 2.31. The Labute approximate surface area is 189 Å².